The zero-order chi connectivity index (χ0) is 40.0. The minimum Gasteiger partial charge on any atom is -0.508 e. The summed E-state index contributed by atoms with van der Waals surface area (Å²) in [6.07, 6.45) is -10.5. The lowest BCUT2D eigenvalue weighted by Gasteiger charge is -2.42. The Morgan fingerprint density at radius 2 is 1.20 bits per heavy atom. The summed E-state index contributed by atoms with van der Waals surface area (Å²) in [5.74, 6) is -13.0. The first-order chi connectivity index (χ1) is 26.0. The topological polar surface area (TPSA) is 344 Å². The van der Waals surface area contributed by atoms with Crippen LogP contribution in [0.5, 0.6) is 63.2 Å². The van der Waals surface area contributed by atoms with Crippen LogP contribution in [0.15, 0.2) is 63.8 Å². The van der Waals surface area contributed by atoms with Crippen molar-refractivity contribution < 1.29 is 94.2 Å². The highest BCUT2D eigenvalue weighted by atomic mass is 16.7. The van der Waals surface area contributed by atoms with Gasteiger partial charge in [-0.05, 0) is 42.5 Å². The molecule has 0 radical (unpaired) electrons. The van der Waals surface area contributed by atoms with Crippen LogP contribution in [0.4, 0.5) is 0 Å². The smallest absolute Gasteiger partial charge is 0.339 e. The molecule has 20 heteroatoms. The number of rotatable bonds is 8. The van der Waals surface area contributed by atoms with Crippen molar-refractivity contribution in [3.63, 3.8) is 0 Å². The lowest BCUT2D eigenvalue weighted by Crippen LogP contribution is -2.62. The van der Waals surface area contributed by atoms with E-state index >= 15 is 0 Å². The minimum absolute atomic E-state index is 0.180. The number of hydrogen-bond donors (Lipinski definition) is 12. The van der Waals surface area contributed by atoms with Crippen molar-refractivity contribution in [1.29, 1.82) is 0 Å². The molecule has 4 aromatic carbocycles. The maximum atomic E-state index is 14.1. The largest absolute Gasteiger partial charge is 0.508 e. The number of phenolic OH excluding ortho intramolecular Hbond substituents is 10. The molecule has 20 nitrogen and oxygen atoms in total. The van der Waals surface area contributed by atoms with E-state index in [0.29, 0.717) is 24.3 Å². The number of carbonyl (C=O) groups excluding carboxylic acids is 2. The van der Waals surface area contributed by atoms with Crippen LogP contribution in [-0.2, 0) is 14.2 Å². The van der Waals surface area contributed by atoms with Gasteiger partial charge in [-0.1, -0.05) is 0 Å². The summed E-state index contributed by atoms with van der Waals surface area (Å²) in [6.45, 7) is -1.05. The Morgan fingerprint density at radius 3 is 1.73 bits per heavy atom. The second-order valence-electron chi connectivity index (χ2n) is 11.9. The molecule has 1 aromatic heterocycles. The number of hydrogen-bond acceptors (Lipinski definition) is 20. The molecule has 0 aliphatic carbocycles. The Labute approximate surface area is 304 Å². The third-order valence-electron chi connectivity index (χ3n) is 8.28. The lowest BCUT2D eigenvalue weighted by atomic mass is 9.98. The highest BCUT2D eigenvalue weighted by Crippen LogP contribution is 2.41. The van der Waals surface area contributed by atoms with Gasteiger partial charge in [0.25, 0.3) is 0 Å². The fourth-order valence-corrected chi connectivity index (χ4v) is 5.57. The van der Waals surface area contributed by atoms with Gasteiger partial charge in [0.05, 0.1) is 17.7 Å². The average molecular weight is 769 g/mol. The summed E-state index contributed by atoms with van der Waals surface area (Å²) in [6, 6.07) is 7.41. The molecule has 1 fully saturated rings. The van der Waals surface area contributed by atoms with Crippen LogP contribution in [-0.4, -0.2) is 111 Å². The van der Waals surface area contributed by atoms with Crippen molar-refractivity contribution in [3.8, 4) is 74.6 Å². The summed E-state index contributed by atoms with van der Waals surface area (Å²) >= 11 is 0. The first-order valence-corrected chi connectivity index (χ1v) is 15.6. The van der Waals surface area contributed by atoms with E-state index in [0.717, 1.165) is 30.3 Å². The molecule has 0 unspecified atom stereocenters. The maximum Gasteiger partial charge on any atom is 0.339 e. The quantitative estimate of drug-likeness (QED) is 0.0784. The highest BCUT2D eigenvalue weighted by Gasteiger charge is 2.52. The number of phenols is 10. The van der Waals surface area contributed by atoms with Crippen LogP contribution in [0.1, 0.15) is 20.7 Å². The Hall–Kier alpha value is -7.29. The van der Waals surface area contributed by atoms with E-state index in [9.17, 15) is 75.7 Å². The van der Waals surface area contributed by atoms with Crippen molar-refractivity contribution in [2.45, 2.75) is 30.7 Å². The first-order valence-electron chi connectivity index (χ1n) is 15.6. The molecule has 2 heterocycles. The highest BCUT2D eigenvalue weighted by molar-refractivity contribution is 5.92. The van der Waals surface area contributed by atoms with E-state index in [1.807, 2.05) is 0 Å². The van der Waals surface area contributed by atoms with Gasteiger partial charge in [-0.25, -0.2) is 9.59 Å². The molecule has 5 atom stereocenters. The van der Waals surface area contributed by atoms with Gasteiger partial charge in [0.1, 0.15) is 34.7 Å². The van der Waals surface area contributed by atoms with Crippen LogP contribution in [0.2, 0.25) is 0 Å². The van der Waals surface area contributed by atoms with Crippen LogP contribution >= 0.6 is 0 Å². The Morgan fingerprint density at radius 1 is 0.655 bits per heavy atom. The van der Waals surface area contributed by atoms with E-state index in [1.165, 1.54) is 0 Å². The summed E-state index contributed by atoms with van der Waals surface area (Å²) < 4.78 is 28.3. The van der Waals surface area contributed by atoms with Gasteiger partial charge in [-0.2, -0.15) is 0 Å². The summed E-state index contributed by atoms with van der Waals surface area (Å²) in [4.78, 5) is 40.9. The van der Waals surface area contributed by atoms with E-state index < -0.39 is 146 Å². The third-order valence-corrected chi connectivity index (χ3v) is 8.28. The second kappa shape index (κ2) is 14.3. The Kier molecular flexibility index (Phi) is 9.72. The molecule has 6 rings (SSSR count). The Bertz CT molecular complexity index is 2360. The number of aliphatic hydroxyl groups is 2. The monoisotopic (exact) mass is 768 g/mol. The molecule has 1 aliphatic heterocycles. The zero-order valence-electron chi connectivity index (χ0n) is 27.4. The summed E-state index contributed by atoms with van der Waals surface area (Å²) in [5.41, 5.74) is -3.09. The van der Waals surface area contributed by atoms with E-state index in [2.05, 4.69) is 0 Å². The number of esters is 2. The number of ether oxygens (including phenoxy) is 4. The summed E-state index contributed by atoms with van der Waals surface area (Å²) in [5, 5.41) is 121. The predicted octanol–water partition coefficient (Wildman–Crippen LogP) is 1.42. The minimum atomic E-state index is -2.23. The van der Waals surface area contributed by atoms with Crippen molar-refractivity contribution in [2.24, 2.45) is 0 Å². The number of carbonyl (C=O) groups is 2. The van der Waals surface area contributed by atoms with Crippen LogP contribution in [0.3, 0.4) is 0 Å². The van der Waals surface area contributed by atoms with Gasteiger partial charge in [-0.15, -0.1) is 0 Å². The first kappa shape index (κ1) is 37.5. The van der Waals surface area contributed by atoms with E-state index in [-0.39, 0.29) is 5.56 Å². The molecule has 55 heavy (non-hydrogen) atoms. The molecular formula is C35H28O20. The SMILES string of the molecule is O=C(O[C@H]1[C@H](Oc2c(-c3ccc(O)c(O)c3)oc3cc(O)cc(O)c3c2=O)O[C@H](CO)[C@@H](O)[C@@H]1OC(=O)c1cc(O)c(O)c(O)c1)c1cc(O)c(O)c(O)c1. The van der Waals surface area contributed by atoms with Crippen LogP contribution in [0.25, 0.3) is 22.3 Å². The molecule has 0 bridgehead atoms. The maximum absolute atomic E-state index is 14.1. The lowest BCUT2D eigenvalue weighted by molar-refractivity contribution is -0.276. The molecule has 12 N–H and O–H groups in total. The summed E-state index contributed by atoms with van der Waals surface area (Å²) in [7, 11) is 0. The molecule has 0 saturated carbocycles. The second-order valence-corrected chi connectivity index (χ2v) is 11.9. The van der Waals surface area contributed by atoms with Crippen molar-refractivity contribution in [2.75, 3.05) is 6.61 Å². The third kappa shape index (κ3) is 6.97. The number of benzene rings is 4. The fourth-order valence-electron chi connectivity index (χ4n) is 5.57. The molecule has 1 aliphatic rings. The van der Waals surface area contributed by atoms with Crippen LogP contribution in [0, 0.1) is 0 Å². The van der Waals surface area contributed by atoms with Gasteiger partial charge in [0.15, 0.2) is 57.9 Å². The zero-order valence-corrected chi connectivity index (χ0v) is 27.4. The van der Waals surface area contributed by atoms with E-state index in [1.54, 1.807) is 0 Å². The van der Waals surface area contributed by atoms with Gasteiger partial charge >= 0.3 is 11.9 Å². The average Bonchev–Trinajstić information content (AvgIpc) is 3.13. The van der Waals surface area contributed by atoms with E-state index in [4.69, 9.17) is 23.4 Å². The molecular weight excluding hydrogens is 740 g/mol. The van der Waals surface area contributed by atoms with Crippen molar-refractivity contribution in [1.82, 2.24) is 0 Å². The molecule has 5 aromatic rings. The number of aliphatic hydroxyl groups excluding tert-OH is 2. The molecule has 288 valence electrons. The number of fused-ring (bicyclic) bond motifs is 1. The van der Waals surface area contributed by atoms with Gasteiger partial charge in [0.2, 0.25) is 23.6 Å². The van der Waals surface area contributed by atoms with Crippen LogP contribution < -0.4 is 10.2 Å². The van der Waals surface area contributed by atoms with Gasteiger partial charge < -0.3 is 84.6 Å². The molecule has 1 saturated heterocycles. The normalized spacial score (nSPS) is 19.5. The van der Waals surface area contributed by atoms with Crippen molar-refractivity contribution in [3.05, 3.63) is 75.9 Å². The number of aromatic hydroxyl groups is 10. The molecule has 0 amide bonds. The Balaban J connectivity index is 1.51. The standard InChI is InChI=1S/C35H28O20/c36-10-23-27(47)30(53-33(49)12-4-18(41)25(45)19(42)5-12)32(54-34(50)13-6-20(43)26(46)21(44)7-13)35(52-23)55-31-28(48)24-17(40)8-14(37)9-22(24)51-29(31)11-1-2-15(38)16(39)3-11/h1-9,23,27,30,32,35-47H,10H2/t23-,27-,30+,32-,35+/m1/s1. The fraction of sp³-hybridized carbons (Fsp3) is 0.171. The van der Waals surface area contributed by atoms with Gasteiger partial charge in [0, 0.05) is 17.7 Å². The predicted molar refractivity (Wildman–Crippen MR) is 178 cm³/mol. The van der Waals surface area contributed by atoms with Gasteiger partial charge in [-0.3, -0.25) is 4.79 Å². The molecule has 0 spiro atoms. The van der Waals surface area contributed by atoms with Crippen molar-refractivity contribution >= 4 is 22.9 Å².